The third-order valence-electron chi connectivity index (χ3n) is 4.21. The Morgan fingerprint density at radius 2 is 1.78 bits per heavy atom. The molecular formula is C18H20F2N2O. The van der Waals surface area contributed by atoms with E-state index < -0.39 is 11.6 Å². The van der Waals surface area contributed by atoms with Gasteiger partial charge in [-0.1, -0.05) is 24.3 Å². The first-order chi connectivity index (χ1) is 11.1. The molecule has 1 heterocycles. The van der Waals surface area contributed by atoms with E-state index in [9.17, 15) is 13.9 Å². The molecule has 0 aromatic heterocycles. The molecule has 0 aliphatic carbocycles. The van der Waals surface area contributed by atoms with Gasteiger partial charge in [0.2, 0.25) is 0 Å². The second-order valence-corrected chi connectivity index (χ2v) is 5.80. The van der Waals surface area contributed by atoms with Crippen LogP contribution in [0.3, 0.4) is 0 Å². The van der Waals surface area contributed by atoms with Crippen LogP contribution in [-0.4, -0.2) is 24.3 Å². The average molecular weight is 318 g/mol. The number of hydrogen-bond acceptors (Lipinski definition) is 3. The van der Waals surface area contributed by atoms with Gasteiger partial charge in [0.1, 0.15) is 0 Å². The van der Waals surface area contributed by atoms with Crippen LogP contribution >= 0.6 is 0 Å². The van der Waals surface area contributed by atoms with E-state index in [0.29, 0.717) is 5.56 Å². The monoisotopic (exact) mass is 318 g/mol. The van der Waals surface area contributed by atoms with Crippen LogP contribution in [0, 0.1) is 11.6 Å². The van der Waals surface area contributed by atoms with Crippen molar-refractivity contribution in [2.24, 2.45) is 0 Å². The lowest BCUT2D eigenvalue weighted by Gasteiger charge is -2.33. The molecule has 2 aromatic carbocycles. The Kier molecular flexibility index (Phi) is 4.76. The van der Waals surface area contributed by atoms with Crippen molar-refractivity contribution >= 4 is 11.4 Å². The number of benzene rings is 2. The zero-order valence-electron chi connectivity index (χ0n) is 12.8. The third kappa shape index (κ3) is 3.62. The van der Waals surface area contributed by atoms with Gasteiger partial charge < -0.3 is 15.3 Å². The number of halogens is 2. The lowest BCUT2D eigenvalue weighted by molar-refractivity contribution is 0.145. The standard InChI is InChI=1S/C18H20F2N2O/c19-15-5-3-4-13(18(15)20)12-21-16-6-1-2-7-17(16)22-10-8-14(23)9-11-22/h1-7,14,21,23H,8-12H2. The van der Waals surface area contributed by atoms with Gasteiger partial charge >= 0.3 is 0 Å². The molecule has 1 saturated heterocycles. The molecule has 0 atom stereocenters. The van der Waals surface area contributed by atoms with Gasteiger partial charge in [-0.2, -0.15) is 0 Å². The molecule has 0 radical (unpaired) electrons. The van der Waals surface area contributed by atoms with Gasteiger partial charge in [-0.15, -0.1) is 0 Å². The van der Waals surface area contributed by atoms with Crippen molar-refractivity contribution in [2.75, 3.05) is 23.3 Å². The highest BCUT2D eigenvalue weighted by Gasteiger charge is 2.19. The first-order valence-electron chi connectivity index (χ1n) is 7.84. The summed E-state index contributed by atoms with van der Waals surface area (Å²) in [7, 11) is 0. The summed E-state index contributed by atoms with van der Waals surface area (Å²) < 4.78 is 27.0. The Labute approximate surface area is 134 Å². The second kappa shape index (κ2) is 6.96. The van der Waals surface area contributed by atoms with Crippen LogP contribution in [0.5, 0.6) is 0 Å². The van der Waals surface area contributed by atoms with Crippen LogP contribution in [0.25, 0.3) is 0 Å². The highest BCUT2D eigenvalue weighted by Crippen LogP contribution is 2.29. The van der Waals surface area contributed by atoms with Crippen molar-refractivity contribution in [3.05, 3.63) is 59.7 Å². The van der Waals surface area contributed by atoms with Crippen LogP contribution in [0.4, 0.5) is 20.2 Å². The van der Waals surface area contributed by atoms with Crippen molar-refractivity contribution < 1.29 is 13.9 Å². The normalized spacial score (nSPS) is 15.7. The van der Waals surface area contributed by atoms with E-state index in [1.807, 2.05) is 24.3 Å². The summed E-state index contributed by atoms with van der Waals surface area (Å²) in [4.78, 5) is 2.21. The number of aliphatic hydroxyl groups is 1. The predicted octanol–water partition coefficient (Wildman–Crippen LogP) is 3.54. The second-order valence-electron chi connectivity index (χ2n) is 5.80. The molecule has 3 rings (SSSR count). The largest absolute Gasteiger partial charge is 0.393 e. The Hall–Kier alpha value is -2.14. The zero-order chi connectivity index (χ0) is 16.2. The van der Waals surface area contributed by atoms with E-state index in [1.165, 1.54) is 6.07 Å². The van der Waals surface area contributed by atoms with Crippen molar-refractivity contribution in [3.8, 4) is 0 Å². The van der Waals surface area contributed by atoms with Crippen LogP contribution in [0.15, 0.2) is 42.5 Å². The molecule has 0 saturated carbocycles. The molecule has 2 N–H and O–H groups in total. The fourth-order valence-corrected chi connectivity index (χ4v) is 2.88. The van der Waals surface area contributed by atoms with Gasteiger partial charge in [-0.05, 0) is 31.0 Å². The zero-order valence-corrected chi connectivity index (χ0v) is 12.8. The molecule has 1 aliphatic rings. The van der Waals surface area contributed by atoms with Gasteiger partial charge in [0.25, 0.3) is 0 Å². The molecule has 0 spiro atoms. The first kappa shape index (κ1) is 15.7. The van der Waals surface area contributed by atoms with Gasteiger partial charge in [0.15, 0.2) is 11.6 Å². The first-order valence-corrected chi connectivity index (χ1v) is 7.84. The topological polar surface area (TPSA) is 35.5 Å². The van der Waals surface area contributed by atoms with Crippen LogP contribution < -0.4 is 10.2 Å². The van der Waals surface area contributed by atoms with Gasteiger partial charge in [0, 0.05) is 25.2 Å². The Balaban J connectivity index is 1.74. The Bertz CT molecular complexity index is 670. The molecular weight excluding hydrogens is 298 g/mol. The number of hydrogen-bond donors (Lipinski definition) is 2. The Morgan fingerprint density at radius 1 is 1.04 bits per heavy atom. The maximum Gasteiger partial charge on any atom is 0.163 e. The van der Waals surface area contributed by atoms with Gasteiger partial charge in [0.05, 0.1) is 17.5 Å². The minimum Gasteiger partial charge on any atom is -0.393 e. The van der Waals surface area contributed by atoms with Crippen LogP contribution in [-0.2, 0) is 6.54 Å². The van der Waals surface area contributed by atoms with E-state index in [1.54, 1.807) is 6.07 Å². The number of anilines is 2. The molecule has 122 valence electrons. The molecule has 1 fully saturated rings. The number of para-hydroxylation sites is 2. The summed E-state index contributed by atoms with van der Waals surface area (Å²) in [5, 5.41) is 12.8. The number of aliphatic hydroxyl groups excluding tert-OH is 1. The molecule has 0 unspecified atom stereocenters. The van der Waals surface area contributed by atoms with E-state index in [2.05, 4.69) is 10.2 Å². The van der Waals surface area contributed by atoms with Crippen molar-refractivity contribution in [3.63, 3.8) is 0 Å². The lowest BCUT2D eigenvalue weighted by atomic mass is 10.1. The minimum atomic E-state index is -0.831. The lowest BCUT2D eigenvalue weighted by Crippen LogP contribution is -2.36. The highest BCUT2D eigenvalue weighted by atomic mass is 19.2. The number of nitrogens with zero attached hydrogens (tertiary/aromatic N) is 1. The van der Waals surface area contributed by atoms with Crippen molar-refractivity contribution in [1.29, 1.82) is 0 Å². The van der Waals surface area contributed by atoms with Crippen LogP contribution in [0.2, 0.25) is 0 Å². The summed E-state index contributed by atoms with van der Waals surface area (Å²) in [5.74, 6) is -1.64. The highest BCUT2D eigenvalue weighted by molar-refractivity contribution is 5.70. The molecule has 5 heteroatoms. The molecule has 23 heavy (non-hydrogen) atoms. The molecule has 3 nitrogen and oxygen atoms in total. The summed E-state index contributed by atoms with van der Waals surface area (Å²) in [6.45, 7) is 1.79. The molecule has 2 aromatic rings. The quantitative estimate of drug-likeness (QED) is 0.905. The van der Waals surface area contributed by atoms with E-state index >= 15 is 0 Å². The van der Waals surface area contributed by atoms with Gasteiger partial charge in [-0.25, -0.2) is 8.78 Å². The number of piperidine rings is 1. The summed E-state index contributed by atoms with van der Waals surface area (Å²) in [5.41, 5.74) is 2.21. The number of nitrogens with one attached hydrogen (secondary N) is 1. The number of rotatable bonds is 4. The van der Waals surface area contributed by atoms with E-state index in [-0.39, 0.29) is 12.6 Å². The van der Waals surface area contributed by atoms with Gasteiger partial charge in [-0.3, -0.25) is 0 Å². The maximum atomic E-state index is 13.7. The van der Waals surface area contributed by atoms with Crippen LogP contribution in [0.1, 0.15) is 18.4 Å². The smallest absolute Gasteiger partial charge is 0.163 e. The third-order valence-corrected chi connectivity index (χ3v) is 4.21. The van der Waals surface area contributed by atoms with E-state index in [4.69, 9.17) is 0 Å². The van der Waals surface area contributed by atoms with Crippen molar-refractivity contribution in [1.82, 2.24) is 0 Å². The molecule has 0 bridgehead atoms. The Morgan fingerprint density at radius 3 is 2.57 bits per heavy atom. The SMILES string of the molecule is OC1CCN(c2ccccc2NCc2cccc(F)c2F)CC1. The van der Waals surface area contributed by atoms with Crippen molar-refractivity contribution in [2.45, 2.75) is 25.5 Å². The maximum absolute atomic E-state index is 13.7. The minimum absolute atomic E-state index is 0.219. The average Bonchev–Trinajstić information content (AvgIpc) is 2.57. The summed E-state index contributed by atoms with van der Waals surface area (Å²) >= 11 is 0. The van der Waals surface area contributed by atoms with E-state index in [0.717, 1.165) is 43.4 Å². The fourth-order valence-electron chi connectivity index (χ4n) is 2.88. The molecule has 1 aliphatic heterocycles. The summed E-state index contributed by atoms with van der Waals surface area (Å²) in [6.07, 6.45) is 1.26. The molecule has 0 amide bonds. The fraction of sp³-hybridized carbons (Fsp3) is 0.333. The predicted molar refractivity (Wildman–Crippen MR) is 87.6 cm³/mol. The summed E-state index contributed by atoms with van der Waals surface area (Å²) in [6, 6.07) is 12.0.